The van der Waals surface area contributed by atoms with Crippen LogP contribution in [-0.4, -0.2) is 50.9 Å². The summed E-state index contributed by atoms with van der Waals surface area (Å²) in [7, 11) is -1.68. The first-order chi connectivity index (χ1) is 13.0. The van der Waals surface area contributed by atoms with Crippen molar-refractivity contribution >= 4 is 18.9 Å². The third kappa shape index (κ3) is 6.47. The predicted octanol–water partition coefficient (Wildman–Crippen LogP) is 0.115. The molecule has 2 rings (SSSR count). The van der Waals surface area contributed by atoms with Gasteiger partial charge in [-0.25, -0.2) is 4.98 Å². The number of carbonyl (C=O) groups is 2. The van der Waals surface area contributed by atoms with Gasteiger partial charge in [0.25, 0.3) is 5.91 Å². The summed E-state index contributed by atoms with van der Waals surface area (Å²) in [6.45, 7) is 1.87. The Bertz CT molecular complexity index is 731. The molecule has 0 radical (unpaired) electrons. The summed E-state index contributed by atoms with van der Waals surface area (Å²) in [5.41, 5.74) is 0.948. The maximum Gasteiger partial charge on any atom is 0.475 e. The average Bonchev–Trinajstić information content (AvgIpc) is 2.68. The predicted molar refractivity (Wildman–Crippen MR) is 100 cm³/mol. The van der Waals surface area contributed by atoms with Crippen LogP contribution in [0.25, 0.3) is 0 Å². The maximum absolute atomic E-state index is 12.7. The Morgan fingerprint density at radius 3 is 2.48 bits per heavy atom. The third-order valence-corrected chi connectivity index (χ3v) is 3.99. The summed E-state index contributed by atoms with van der Waals surface area (Å²) >= 11 is 0. The first kappa shape index (κ1) is 20.5. The van der Waals surface area contributed by atoms with Crippen molar-refractivity contribution in [2.24, 2.45) is 0 Å². The molecule has 1 aromatic heterocycles. The molecule has 9 heteroatoms. The van der Waals surface area contributed by atoms with E-state index in [0.717, 1.165) is 5.56 Å². The molecule has 27 heavy (non-hydrogen) atoms. The van der Waals surface area contributed by atoms with E-state index in [1.54, 1.807) is 0 Å². The van der Waals surface area contributed by atoms with E-state index in [-0.39, 0.29) is 12.1 Å². The Labute approximate surface area is 158 Å². The van der Waals surface area contributed by atoms with E-state index in [2.05, 4.69) is 20.6 Å². The molecule has 2 atom stereocenters. The molecule has 142 valence electrons. The van der Waals surface area contributed by atoms with E-state index in [1.807, 2.05) is 37.3 Å². The molecule has 4 N–H and O–H groups in total. The van der Waals surface area contributed by atoms with Crippen LogP contribution < -0.4 is 10.6 Å². The van der Waals surface area contributed by atoms with E-state index in [9.17, 15) is 19.6 Å². The monoisotopic (exact) mass is 370 g/mol. The van der Waals surface area contributed by atoms with Crippen LogP contribution in [-0.2, 0) is 11.2 Å². The van der Waals surface area contributed by atoms with E-state index < -0.39 is 30.9 Å². The number of nitrogens with one attached hydrogen (secondary N) is 2. The van der Waals surface area contributed by atoms with Crippen LogP contribution in [0, 0.1) is 0 Å². The largest absolute Gasteiger partial charge is 0.475 e. The molecule has 0 bridgehead atoms. The smallest absolute Gasteiger partial charge is 0.426 e. The van der Waals surface area contributed by atoms with Crippen molar-refractivity contribution in [2.75, 3.05) is 0 Å². The minimum Gasteiger partial charge on any atom is -0.426 e. The molecule has 0 aliphatic carbocycles. The SMILES string of the molecule is CCC[C@H](NC(=O)C(Cc1ccccc1)NC(=O)c1cnccn1)B(O)O. The number of rotatable bonds is 9. The number of benzene rings is 1. The Morgan fingerprint density at radius 2 is 1.89 bits per heavy atom. The number of amides is 2. The molecule has 0 aliphatic heterocycles. The number of carbonyl (C=O) groups excluding carboxylic acids is 2. The second kappa shape index (κ2) is 10.4. The third-order valence-electron chi connectivity index (χ3n) is 3.99. The van der Waals surface area contributed by atoms with Gasteiger partial charge in [0.05, 0.1) is 12.1 Å². The zero-order chi connectivity index (χ0) is 19.6. The van der Waals surface area contributed by atoms with Crippen LogP contribution in [0.3, 0.4) is 0 Å². The van der Waals surface area contributed by atoms with Gasteiger partial charge in [0.15, 0.2) is 0 Å². The van der Waals surface area contributed by atoms with Crippen LogP contribution in [0.1, 0.15) is 35.8 Å². The van der Waals surface area contributed by atoms with Gasteiger partial charge >= 0.3 is 7.12 Å². The van der Waals surface area contributed by atoms with Crippen molar-refractivity contribution < 1.29 is 19.6 Å². The molecule has 1 aromatic carbocycles. The van der Waals surface area contributed by atoms with Crippen molar-refractivity contribution in [1.29, 1.82) is 0 Å². The van der Waals surface area contributed by atoms with Crippen molar-refractivity contribution in [3.8, 4) is 0 Å². The highest BCUT2D eigenvalue weighted by Gasteiger charge is 2.29. The average molecular weight is 370 g/mol. The van der Waals surface area contributed by atoms with Crippen molar-refractivity contribution in [1.82, 2.24) is 20.6 Å². The highest BCUT2D eigenvalue weighted by Crippen LogP contribution is 2.06. The second-order valence-electron chi connectivity index (χ2n) is 6.12. The van der Waals surface area contributed by atoms with Crippen LogP contribution >= 0.6 is 0 Å². The molecule has 0 saturated carbocycles. The molecule has 2 amide bonds. The van der Waals surface area contributed by atoms with Gasteiger partial charge in [0.2, 0.25) is 5.91 Å². The Kier molecular flexibility index (Phi) is 7.90. The van der Waals surface area contributed by atoms with Crippen LogP contribution in [0.5, 0.6) is 0 Å². The minimum atomic E-state index is -1.68. The standard InChI is InChI=1S/C18H23BN4O4/c1-2-6-16(19(26)27)23-17(24)14(11-13-7-4-3-5-8-13)22-18(25)15-12-20-9-10-21-15/h3-5,7-10,12,14,16,26-27H,2,6,11H2,1H3,(H,22,25)(H,23,24)/t14?,16-/m0/s1. The Balaban J connectivity index is 2.15. The van der Waals surface area contributed by atoms with Gasteiger partial charge in [-0.2, -0.15) is 0 Å². The molecule has 8 nitrogen and oxygen atoms in total. The molecule has 0 fully saturated rings. The summed E-state index contributed by atoms with van der Waals surface area (Å²) in [6.07, 6.45) is 5.46. The summed E-state index contributed by atoms with van der Waals surface area (Å²) in [4.78, 5) is 32.9. The molecule has 1 heterocycles. The zero-order valence-electron chi connectivity index (χ0n) is 15.1. The number of hydrogen-bond donors (Lipinski definition) is 4. The van der Waals surface area contributed by atoms with E-state index in [4.69, 9.17) is 0 Å². The first-order valence-electron chi connectivity index (χ1n) is 8.78. The fourth-order valence-electron chi connectivity index (χ4n) is 2.60. The molecule has 2 aromatic rings. The van der Waals surface area contributed by atoms with E-state index in [0.29, 0.717) is 12.8 Å². The number of hydrogen-bond acceptors (Lipinski definition) is 6. The van der Waals surface area contributed by atoms with Gasteiger partial charge in [-0.05, 0) is 12.0 Å². The van der Waals surface area contributed by atoms with Crippen molar-refractivity contribution in [2.45, 2.75) is 38.2 Å². The first-order valence-corrected chi connectivity index (χ1v) is 8.78. The van der Waals surface area contributed by atoms with E-state index >= 15 is 0 Å². The topological polar surface area (TPSA) is 124 Å². The van der Waals surface area contributed by atoms with Gasteiger partial charge in [-0.1, -0.05) is 43.7 Å². The number of aromatic nitrogens is 2. The lowest BCUT2D eigenvalue weighted by atomic mass is 9.76. The fourth-order valence-corrected chi connectivity index (χ4v) is 2.60. The van der Waals surface area contributed by atoms with Crippen LogP contribution in [0.4, 0.5) is 0 Å². The lowest BCUT2D eigenvalue weighted by Crippen LogP contribution is -2.54. The van der Waals surface area contributed by atoms with Gasteiger partial charge in [-0.15, -0.1) is 0 Å². The van der Waals surface area contributed by atoms with E-state index in [1.165, 1.54) is 18.6 Å². The van der Waals surface area contributed by atoms with Crippen LogP contribution in [0.2, 0.25) is 0 Å². The zero-order valence-corrected chi connectivity index (χ0v) is 15.1. The van der Waals surface area contributed by atoms with Gasteiger partial charge in [0, 0.05) is 18.8 Å². The molecule has 0 saturated heterocycles. The summed E-state index contributed by atoms with van der Waals surface area (Å²) in [6, 6.07) is 8.33. The molecule has 0 spiro atoms. The lowest BCUT2D eigenvalue weighted by Gasteiger charge is -2.23. The fraction of sp³-hybridized carbons (Fsp3) is 0.333. The highest BCUT2D eigenvalue weighted by atomic mass is 16.4. The van der Waals surface area contributed by atoms with Gasteiger partial charge < -0.3 is 20.7 Å². The highest BCUT2D eigenvalue weighted by molar-refractivity contribution is 6.43. The maximum atomic E-state index is 12.7. The summed E-state index contributed by atoms with van der Waals surface area (Å²) < 4.78 is 0. The quantitative estimate of drug-likeness (QED) is 0.465. The van der Waals surface area contributed by atoms with Crippen molar-refractivity contribution in [3.63, 3.8) is 0 Å². The number of nitrogens with zero attached hydrogens (tertiary/aromatic N) is 2. The molecule has 0 aliphatic rings. The summed E-state index contributed by atoms with van der Waals surface area (Å²) in [5.74, 6) is -1.84. The summed E-state index contributed by atoms with van der Waals surface area (Å²) in [5, 5.41) is 24.2. The molecule has 1 unspecified atom stereocenters. The normalized spacial score (nSPS) is 12.7. The van der Waals surface area contributed by atoms with Gasteiger partial charge in [0.1, 0.15) is 11.7 Å². The Morgan fingerprint density at radius 1 is 1.15 bits per heavy atom. The molecular weight excluding hydrogens is 347 g/mol. The van der Waals surface area contributed by atoms with Crippen LogP contribution in [0.15, 0.2) is 48.9 Å². The van der Waals surface area contributed by atoms with Crippen molar-refractivity contribution in [3.05, 3.63) is 60.2 Å². The lowest BCUT2D eigenvalue weighted by molar-refractivity contribution is -0.123. The van der Waals surface area contributed by atoms with Gasteiger partial charge in [-0.3, -0.25) is 14.6 Å². The Hall–Kier alpha value is -2.78. The molecular formula is C18H23BN4O4. The second-order valence-corrected chi connectivity index (χ2v) is 6.12. The minimum absolute atomic E-state index is 0.0932.